The molecule has 2 nitrogen and oxygen atoms in total. The van der Waals surface area contributed by atoms with Crippen LogP contribution in [0.3, 0.4) is 0 Å². The molecule has 1 atom stereocenters. The van der Waals surface area contributed by atoms with Crippen molar-refractivity contribution in [2.75, 3.05) is 0 Å². The van der Waals surface area contributed by atoms with Gasteiger partial charge in [0.05, 0.1) is 0 Å². The zero-order chi connectivity index (χ0) is 10.9. The molecule has 0 amide bonds. The van der Waals surface area contributed by atoms with Crippen molar-refractivity contribution in [2.45, 2.75) is 51.6 Å². The monoisotopic (exact) mass is 225 g/mol. The third kappa shape index (κ3) is 2.23. The minimum Gasteiger partial charge on any atom is -0.383 e. The topological polar surface area (TPSA) is 33.1 Å². The molecule has 0 aromatic carbocycles. The van der Waals surface area contributed by atoms with Gasteiger partial charge in [-0.3, -0.25) is 0 Å². The third-order valence-corrected chi connectivity index (χ3v) is 4.64. The van der Waals surface area contributed by atoms with Crippen molar-refractivity contribution in [2.24, 2.45) is 5.92 Å². The molecular weight excluding hydrogens is 206 g/mol. The highest BCUT2D eigenvalue weighted by molar-refractivity contribution is 7.09. The molecule has 1 saturated carbocycles. The first kappa shape index (κ1) is 11.1. The summed E-state index contributed by atoms with van der Waals surface area (Å²) in [5.74, 6) is 0.400. The van der Waals surface area contributed by atoms with Crippen LogP contribution in [0.4, 0.5) is 0 Å². The van der Waals surface area contributed by atoms with E-state index in [4.69, 9.17) is 0 Å². The van der Waals surface area contributed by atoms with Gasteiger partial charge in [0.1, 0.15) is 10.6 Å². The van der Waals surface area contributed by atoms with Crippen molar-refractivity contribution in [3.05, 3.63) is 16.1 Å². The Morgan fingerprint density at radius 2 is 2.07 bits per heavy atom. The zero-order valence-electron chi connectivity index (χ0n) is 9.49. The number of aliphatic hydroxyl groups is 1. The molecule has 1 fully saturated rings. The van der Waals surface area contributed by atoms with Gasteiger partial charge in [0, 0.05) is 11.1 Å². The van der Waals surface area contributed by atoms with Gasteiger partial charge < -0.3 is 5.11 Å². The van der Waals surface area contributed by atoms with Crippen LogP contribution in [-0.4, -0.2) is 10.1 Å². The van der Waals surface area contributed by atoms with Gasteiger partial charge in [-0.2, -0.15) is 0 Å². The lowest BCUT2D eigenvalue weighted by Crippen LogP contribution is -2.33. The summed E-state index contributed by atoms with van der Waals surface area (Å²) in [4.78, 5) is 4.43. The molecule has 0 spiro atoms. The molecule has 15 heavy (non-hydrogen) atoms. The van der Waals surface area contributed by atoms with E-state index >= 15 is 0 Å². The van der Waals surface area contributed by atoms with Crippen molar-refractivity contribution in [1.29, 1.82) is 0 Å². The molecule has 1 unspecified atom stereocenters. The first-order valence-corrected chi connectivity index (χ1v) is 6.63. The Hall–Kier alpha value is -0.410. The Labute approximate surface area is 95.4 Å². The lowest BCUT2D eigenvalue weighted by molar-refractivity contribution is -0.0217. The van der Waals surface area contributed by atoms with Crippen molar-refractivity contribution >= 4 is 11.3 Å². The Morgan fingerprint density at radius 1 is 1.40 bits per heavy atom. The normalized spacial score (nSPS) is 22.6. The summed E-state index contributed by atoms with van der Waals surface area (Å²) in [7, 11) is 0. The van der Waals surface area contributed by atoms with E-state index in [0.29, 0.717) is 5.92 Å². The summed E-state index contributed by atoms with van der Waals surface area (Å²) in [6, 6.07) is 0. The van der Waals surface area contributed by atoms with Crippen LogP contribution in [0.1, 0.15) is 49.7 Å². The average Bonchev–Trinajstić information content (AvgIpc) is 2.67. The SMILES string of the molecule is Cc1csc(C(C)(O)C2CCCCC2)n1. The fourth-order valence-corrected chi connectivity index (χ4v) is 3.36. The highest BCUT2D eigenvalue weighted by atomic mass is 32.1. The third-order valence-electron chi connectivity index (χ3n) is 3.45. The van der Waals surface area contributed by atoms with Gasteiger partial charge in [-0.15, -0.1) is 11.3 Å². The summed E-state index contributed by atoms with van der Waals surface area (Å²) in [6.07, 6.45) is 6.12. The number of aromatic nitrogens is 1. The Kier molecular flexibility index (Phi) is 3.12. The lowest BCUT2D eigenvalue weighted by Gasteiger charge is -2.33. The van der Waals surface area contributed by atoms with Gasteiger partial charge in [-0.1, -0.05) is 19.3 Å². The molecule has 1 N–H and O–H groups in total. The molecule has 1 aliphatic rings. The Balaban J connectivity index is 2.17. The van der Waals surface area contributed by atoms with Crippen molar-refractivity contribution < 1.29 is 5.11 Å². The molecule has 3 heteroatoms. The molecule has 0 aliphatic heterocycles. The predicted octanol–water partition coefficient (Wildman–Crippen LogP) is 3.24. The number of hydrogen-bond donors (Lipinski definition) is 1. The molecule has 1 aromatic rings. The van der Waals surface area contributed by atoms with E-state index in [1.54, 1.807) is 11.3 Å². The predicted molar refractivity (Wildman–Crippen MR) is 63.0 cm³/mol. The second-order valence-electron chi connectivity index (χ2n) is 4.78. The first-order valence-electron chi connectivity index (χ1n) is 5.75. The van der Waals surface area contributed by atoms with Crippen LogP contribution in [0.2, 0.25) is 0 Å². The van der Waals surface area contributed by atoms with Crippen LogP contribution in [0, 0.1) is 12.8 Å². The van der Waals surface area contributed by atoms with Crippen LogP contribution in [-0.2, 0) is 5.60 Å². The van der Waals surface area contributed by atoms with Gasteiger partial charge in [0.15, 0.2) is 0 Å². The molecule has 0 bridgehead atoms. The maximum atomic E-state index is 10.6. The highest BCUT2D eigenvalue weighted by Gasteiger charge is 2.36. The fourth-order valence-electron chi connectivity index (χ4n) is 2.43. The molecule has 1 aromatic heterocycles. The van der Waals surface area contributed by atoms with Crippen molar-refractivity contribution in [3.63, 3.8) is 0 Å². The smallest absolute Gasteiger partial charge is 0.125 e. The van der Waals surface area contributed by atoms with E-state index in [1.807, 2.05) is 19.2 Å². The zero-order valence-corrected chi connectivity index (χ0v) is 10.3. The summed E-state index contributed by atoms with van der Waals surface area (Å²) in [5, 5.41) is 13.5. The number of thiazole rings is 1. The molecule has 0 saturated heterocycles. The minimum atomic E-state index is -0.709. The molecule has 2 rings (SSSR count). The second kappa shape index (κ2) is 4.22. The quantitative estimate of drug-likeness (QED) is 0.838. The Morgan fingerprint density at radius 3 is 2.60 bits per heavy atom. The van der Waals surface area contributed by atoms with E-state index < -0.39 is 5.60 Å². The van der Waals surface area contributed by atoms with Gasteiger partial charge in [0.25, 0.3) is 0 Å². The van der Waals surface area contributed by atoms with Gasteiger partial charge in [-0.25, -0.2) is 4.98 Å². The van der Waals surface area contributed by atoms with Crippen LogP contribution in [0.5, 0.6) is 0 Å². The average molecular weight is 225 g/mol. The first-order chi connectivity index (χ1) is 7.10. The number of rotatable bonds is 2. The summed E-state index contributed by atoms with van der Waals surface area (Å²) in [6.45, 7) is 3.91. The van der Waals surface area contributed by atoms with Crippen LogP contribution in [0.25, 0.3) is 0 Å². The van der Waals surface area contributed by atoms with E-state index in [0.717, 1.165) is 23.5 Å². The summed E-state index contributed by atoms with van der Waals surface area (Å²) < 4.78 is 0. The van der Waals surface area contributed by atoms with Crippen molar-refractivity contribution in [3.8, 4) is 0 Å². The van der Waals surface area contributed by atoms with E-state index in [2.05, 4.69) is 4.98 Å². The van der Waals surface area contributed by atoms with E-state index in [-0.39, 0.29) is 0 Å². The maximum Gasteiger partial charge on any atom is 0.125 e. The summed E-state index contributed by atoms with van der Waals surface area (Å²) >= 11 is 1.59. The molecule has 0 radical (unpaired) electrons. The molecular formula is C12H19NOS. The van der Waals surface area contributed by atoms with Gasteiger partial charge >= 0.3 is 0 Å². The number of nitrogens with zero attached hydrogens (tertiary/aromatic N) is 1. The van der Waals surface area contributed by atoms with Crippen LogP contribution in [0.15, 0.2) is 5.38 Å². The standard InChI is InChI=1S/C12H19NOS/c1-9-8-15-11(13-9)12(2,14)10-6-4-3-5-7-10/h8,10,14H,3-7H2,1-2H3. The lowest BCUT2D eigenvalue weighted by atomic mass is 9.78. The van der Waals surface area contributed by atoms with E-state index in [1.165, 1.54) is 19.3 Å². The summed E-state index contributed by atoms with van der Waals surface area (Å²) in [5.41, 5.74) is 0.311. The van der Waals surface area contributed by atoms with Crippen LogP contribution < -0.4 is 0 Å². The Bertz CT molecular complexity index is 326. The minimum absolute atomic E-state index is 0.400. The van der Waals surface area contributed by atoms with Crippen LogP contribution >= 0.6 is 11.3 Å². The van der Waals surface area contributed by atoms with Gasteiger partial charge in [-0.05, 0) is 32.6 Å². The second-order valence-corrected chi connectivity index (χ2v) is 5.63. The molecule has 84 valence electrons. The number of aryl methyl sites for hydroxylation is 1. The fraction of sp³-hybridized carbons (Fsp3) is 0.750. The van der Waals surface area contributed by atoms with E-state index in [9.17, 15) is 5.11 Å². The van der Waals surface area contributed by atoms with Gasteiger partial charge in [0.2, 0.25) is 0 Å². The number of hydrogen-bond acceptors (Lipinski definition) is 3. The maximum absolute atomic E-state index is 10.6. The highest BCUT2D eigenvalue weighted by Crippen LogP contribution is 2.39. The largest absolute Gasteiger partial charge is 0.383 e. The molecule has 1 heterocycles. The van der Waals surface area contributed by atoms with Crippen molar-refractivity contribution in [1.82, 2.24) is 4.98 Å². The molecule has 1 aliphatic carbocycles.